The summed E-state index contributed by atoms with van der Waals surface area (Å²) in [5.74, 6) is 0.827. The normalized spacial score (nSPS) is 22.4. The van der Waals surface area contributed by atoms with E-state index < -0.39 is 0 Å². The molecule has 1 atom stereocenters. The molecule has 0 amide bonds. The van der Waals surface area contributed by atoms with Crippen LogP contribution in [0.25, 0.3) is 0 Å². The molecule has 0 saturated carbocycles. The maximum absolute atomic E-state index is 4.36. The van der Waals surface area contributed by atoms with E-state index in [4.69, 9.17) is 0 Å². The number of hydrogen-bond acceptors (Lipinski definition) is 4. The van der Waals surface area contributed by atoms with Crippen LogP contribution in [0.3, 0.4) is 0 Å². The van der Waals surface area contributed by atoms with Gasteiger partial charge in [-0.2, -0.15) is 0 Å². The minimum atomic E-state index is 0.827. The van der Waals surface area contributed by atoms with Crippen LogP contribution in [-0.2, 0) is 6.54 Å². The van der Waals surface area contributed by atoms with E-state index in [0.717, 1.165) is 19.0 Å². The summed E-state index contributed by atoms with van der Waals surface area (Å²) in [6.45, 7) is 7.94. The minimum absolute atomic E-state index is 0.827. The van der Waals surface area contributed by atoms with Gasteiger partial charge in [0.15, 0.2) is 0 Å². The number of rotatable bonds is 5. The molecular formula is C12H21N3S. The first-order valence-electron chi connectivity index (χ1n) is 6.20. The molecule has 90 valence electrons. The number of hydrogen-bond donors (Lipinski definition) is 1. The molecule has 1 N–H and O–H groups in total. The number of aromatic nitrogens is 1. The molecule has 2 rings (SSSR count). The Balaban J connectivity index is 1.77. The van der Waals surface area contributed by atoms with E-state index in [-0.39, 0.29) is 0 Å². The summed E-state index contributed by atoms with van der Waals surface area (Å²) in [4.78, 5) is 6.90. The van der Waals surface area contributed by atoms with Crippen molar-refractivity contribution >= 4 is 11.3 Å². The SMILES string of the molecule is CCNCC1CCCN(Cc2nccs2)C1. The number of thiazole rings is 1. The highest BCUT2D eigenvalue weighted by atomic mass is 32.1. The molecule has 1 fully saturated rings. The summed E-state index contributed by atoms with van der Waals surface area (Å²) >= 11 is 1.77. The molecule has 0 aromatic carbocycles. The van der Waals surface area contributed by atoms with Gasteiger partial charge in [0.2, 0.25) is 0 Å². The highest BCUT2D eigenvalue weighted by Crippen LogP contribution is 2.18. The minimum Gasteiger partial charge on any atom is -0.317 e. The third-order valence-corrected chi connectivity index (χ3v) is 3.89. The molecule has 1 aromatic rings. The molecule has 0 spiro atoms. The smallest absolute Gasteiger partial charge is 0.107 e. The topological polar surface area (TPSA) is 28.2 Å². The molecule has 1 saturated heterocycles. The monoisotopic (exact) mass is 239 g/mol. The standard InChI is InChI=1S/C12H21N3S/c1-2-13-8-11-4-3-6-15(9-11)10-12-14-5-7-16-12/h5,7,11,13H,2-4,6,8-10H2,1H3. The molecule has 2 heterocycles. The van der Waals surface area contributed by atoms with Crippen LogP contribution in [0.2, 0.25) is 0 Å². The first-order chi connectivity index (χ1) is 7.88. The van der Waals surface area contributed by atoms with Crippen LogP contribution in [0.15, 0.2) is 11.6 Å². The van der Waals surface area contributed by atoms with E-state index in [1.165, 1.54) is 37.5 Å². The maximum atomic E-state index is 4.36. The third kappa shape index (κ3) is 3.54. The van der Waals surface area contributed by atoms with Crippen LogP contribution in [0, 0.1) is 5.92 Å². The largest absolute Gasteiger partial charge is 0.317 e. The van der Waals surface area contributed by atoms with Crippen LogP contribution in [-0.4, -0.2) is 36.1 Å². The number of nitrogens with zero attached hydrogens (tertiary/aromatic N) is 2. The van der Waals surface area contributed by atoms with Crippen molar-refractivity contribution in [3.05, 3.63) is 16.6 Å². The van der Waals surface area contributed by atoms with E-state index in [0.29, 0.717) is 0 Å². The lowest BCUT2D eigenvalue weighted by molar-refractivity contribution is 0.165. The number of likely N-dealkylation sites (tertiary alicyclic amines) is 1. The third-order valence-electron chi connectivity index (χ3n) is 3.13. The van der Waals surface area contributed by atoms with Crippen molar-refractivity contribution < 1.29 is 0 Å². The number of nitrogens with one attached hydrogen (secondary N) is 1. The summed E-state index contributed by atoms with van der Waals surface area (Å²) in [7, 11) is 0. The Morgan fingerprint density at radius 3 is 3.31 bits per heavy atom. The summed E-state index contributed by atoms with van der Waals surface area (Å²) in [6.07, 6.45) is 4.61. The van der Waals surface area contributed by atoms with E-state index in [9.17, 15) is 0 Å². The van der Waals surface area contributed by atoms with Gasteiger partial charge in [-0.3, -0.25) is 4.90 Å². The second-order valence-corrected chi connectivity index (χ2v) is 5.46. The van der Waals surface area contributed by atoms with E-state index in [1.54, 1.807) is 11.3 Å². The Morgan fingerprint density at radius 2 is 2.56 bits per heavy atom. The van der Waals surface area contributed by atoms with Gasteiger partial charge >= 0.3 is 0 Å². The number of piperidine rings is 1. The Kier molecular flexibility index (Phi) is 4.75. The predicted molar refractivity (Wildman–Crippen MR) is 68.7 cm³/mol. The molecule has 1 aliphatic rings. The highest BCUT2D eigenvalue weighted by molar-refractivity contribution is 7.09. The van der Waals surface area contributed by atoms with E-state index in [2.05, 4.69) is 27.5 Å². The summed E-state index contributed by atoms with van der Waals surface area (Å²) in [5, 5.41) is 6.78. The van der Waals surface area contributed by atoms with Crippen LogP contribution >= 0.6 is 11.3 Å². The van der Waals surface area contributed by atoms with Gasteiger partial charge in [0.05, 0.1) is 6.54 Å². The first kappa shape index (κ1) is 12.0. The van der Waals surface area contributed by atoms with Crippen LogP contribution in [0.4, 0.5) is 0 Å². The van der Waals surface area contributed by atoms with Gasteiger partial charge in [0.1, 0.15) is 5.01 Å². The van der Waals surface area contributed by atoms with Crippen molar-refractivity contribution in [1.82, 2.24) is 15.2 Å². The molecule has 3 nitrogen and oxygen atoms in total. The van der Waals surface area contributed by atoms with E-state index in [1.807, 2.05) is 6.20 Å². The fourth-order valence-electron chi connectivity index (χ4n) is 2.33. The molecule has 4 heteroatoms. The molecule has 1 unspecified atom stereocenters. The quantitative estimate of drug-likeness (QED) is 0.851. The fourth-order valence-corrected chi connectivity index (χ4v) is 2.99. The van der Waals surface area contributed by atoms with Gasteiger partial charge < -0.3 is 5.32 Å². The van der Waals surface area contributed by atoms with Crippen LogP contribution < -0.4 is 5.32 Å². The van der Waals surface area contributed by atoms with E-state index >= 15 is 0 Å². The van der Waals surface area contributed by atoms with Gasteiger partial charge in [-0.15, -0.1) is 11.3 Å². The first-order valence-corrected chi connectivity index (χ1v) is 7.08. The summed E-state index contributed by atoms with van der Waals surface area (Å²) in [6, 6.07) is 0. The molecule has 0 radical (unpaired) electrons. The maximum Gasteiger partial charge on any atom is 0.107 e. The predicted octanol–water partition coefficient (Wildman–Crippen LogP) is 1.96. The zero-order chi connectivity index (χ0) is 11.2. The van der Waals surface area contributed by atoms with Crippen molar-refractivity contribution in [2.45, 2.75) is 26.3 Å². The van der Waals surface area contributed by atoms with Crippen LogP contribution in [0.5, 0.6) is 0 Å². The molecule has 16 heavy (non-hydrogen) atoms. The zero-order valence-electron chi connectivity index (χ0n) is 9.98. The van der Waals surface area contributed by atoms with Crippen molar-refractivity contribution in [3.8, 4) is 0 Å². The van der Waals surface area contributed by atoms with Gasteiger partial charge in [0.25, 0.3) is 0 Å². The average molecular weight is 239 g/mol. The summed E-state index contributed by atoms with van der Waals surface area (Å²) in [5.41, 5.74) is 0. The van der Waals surface area contributed by atoms with Gasteiger partial charge in [-0.25, -0.2) is 4.98 Å². The Morgan fingerprint density at radius 1 is 1.62 bits per heavy atom. The summed E-state index contributed by atoms with van der Waals surface area (Å²) < 4.78 is 0. The molecule has 1 aliphatic heterocycles. The lowest BCUT2D eigenvalue weighted by Gasteiger charge is -2.32. The second kappa shape index (κ2) is 6.33. The molecule has 0 bridgehead atoms. The van der Waals surface area contributed by atoms with Gasteiger partial charge in [0, 0.05) is 18.1 Å². The van der Waals surface area contributed by atoms with Crippen molar-refractivity contribution in [2.24, 2.45) is 5.92 Å². The Labute approximate surface area is 102 Å². The lowest BCUT2D eigenvalue weighted by Crippen LogP contribution is -2.39. The molecular weight excluding hydrogens is 218 g/mol. The van der Waals surface area contributed by atoms with Gasteiger partial charge in [-0.1, -0.05) is 6.92 Å². The highest BCUT2D eigenvalue weighted by Gasteiger charge is 2.19. The van der Waals surface area contributed by atoms with Crippen molar-refractivity contribution in [1.29, 1.82) is 0 Å². The zero-order valence-corrected chi connectivity index (χ0v) is 10.8. The van der Waals surface area contributed by atoms with Crippen LogP contribution in [0.1, 0.15) is 24.8 Å². The van der Waals surface area contributed by atoms with Gasteiger partial charge in [-0.05, 0) is 38.4 Å². The van der Waals surface area contributed by atoms with Crippen molar-refractivity contribution in [3.63, 3.8) is 0 Å². The fraction of sp³-hybridized carbons (Fsp3) is 0.750. The van der Waals surface area contributed by atoms with Crippen molar-refractivity contribution in [2.75, 3.05) is 26.2 Å². The molecule has 0 aliphatic carbocycles. The molecule has 1 aromatic heterocycles. The Hall–Kier alpha value is -0.450. The average Bonchev–Trinajstić information content (AvgIpc) is 2.80. The lowest BCUT2D eigenvalue weighted by atomic mass is 9.98. The Bertz CT molecular complexity index is 286. The second-order valence-electron chi connectivity index (χ2n) is 4.48.